The summed E-state index contributed by atoms with van der Waals surface area (Å²) < 4.78 is 38.5. The molecule has 1 saturated carbocycles. The third-order valence-corrected chi connectivity index (χ3v) is 3.70. The molecule has 2 atom stereocenters. The minimum absolute atomic E-state index is 0.0240. The second-order valence-electron chi connectivity index (χ2n) is 5.25. The Labute approximate surface area is 123 Å². The first-order valence-corrected chi connectivity index (χ1v) is 6.69. The first kappa shape index (κ1) is 16.5. The van der Waals surface area contributed by atoms with Gasteiger partial charge >= 0.3 is 11.9 Å². The van der Waals surface area contributed by atoms with Crippen LogP contribution in [0.2, 0.25) is 0 Å². The maximum atomic E-state index is 12.8. The number of nitro benzene ring substituents is 1. The van der Waals surface area contributed by atoms with Crippen molar-refractivity contribution in [3.63, 3.8) is 0 Å². The normalized spacial score (nSPS) is 22.0. The zero-order valence-corrected chi connectivity index (χ0v) is 11.4. The van der Waals surface area contributed by atoms with Gasteiger partial charge < -0.3 is 15.5 Å². The summed E-state index contributed by atoms with van der Waals surface area (Å²) in [7, 11) is 0. The maximum Gasteiger partial charge on any atom is 0.420 e. The molecule has 1 fully saturated rings. The number of aromatic hydroxyl groups is 1. The van der Waals surface area contributed by atoms with Crippen LogP contribution in [0.5, 0.6) is 5.75 Å². The molecule has 0 spiro atoms. The molecular weight excluding hydrogens is 305 g/mol. The van der Waals surface area contributed by atoms with Crippen molar-refractivity contribution in [1.29, 1.82) is 0 Å². The third-order valence-electron chi connectivity index (χ3n) is 3.70. The SMILES string of the molecule is O=[N+]([O-])c1cc(CN[C@@H]2CCC[C@H]2O)cc(C(F)(F)F)c1O. The van der Waals surface area contributed by atoms with Crippen LogP contribution in [0.25, 0.3) is 0 Å². The molecule has 0 saturated heterocycles. The highest BCUT2D eigenvalue weighted by Gasteiger charge is 2.38. The smallest absolute Gasteiger partial charge is 0.420 e. The summed E-state index contributed by atoms with van der Waals surface area (Å²) in [4.78, 5) is 9.73. The molecule has 1 aliphatic carbocycles. The Bertz CT molecular complexity index is 577. The number of nitrogens with zero attached hydrogens (tertiary/aromatic N) is 1. The Morgan fingerprint density at radius 2 is 2.05 bits per heavy atom. The largest absolute Gasteiger partial charge is 0.502 e. The molecule has 9 heteroatoms. The highest BCUT2D eigenvalue weighted by atomic mass is 19.4. The van der Waals surface area contributed by atoms with E-state index in [4.69, 9.17) is 0 Å². The van der Waals surface area contributed by atoms with E-state index in [0.29, 0.717) is 18.9 Å². The predicted molar refractivity (Wildman–Crippen MR) is 70.2 cm³/mol. The van der Waals surface area contributed by atoms with Crippen molar-refractivity contribution in [2.24, 2.45) is 0 Å². The number of benzene rings is 1. The molecule has 0 amide bonds. The van der Waals surface area contributed by atoms with Crippen molar-refractivity contribution in [1.82, 2.24) is 5.32 Å². The van der Waals surface area contributed by atoms with Crippen LogP contribution in [0.3, 0.4) is 0 Å². The minimum atomic E-state index is -4.89. The quantitative estimate of drug-likeness (QED) is 0.584. The Morgan fingerprint density at radius 3 is 2.55 bits per heavy atom. The summed E-state index contributed by atoms with van der Waals surface area (Å²) >= 11 is 0. The van der Waals surface area contributed by atoms with E-state index in [9.17, 15) is 33.5 Å². The van der Waals surface area contributed by atoms with Crippen molar-refractivity contribution in [3.05, 3.63) is 33.4 Å². The van der Waals surface area contributed by atoms with Crippen LogP contribution in [0.15, 0.2) is 12.1 Å². The Morgan fingerprint density at radius 1 is 1.36 bits per heavy atom. The third kappa shape index (κ3) is 3.47. The lowest BCUT2D eigenvalue weighted by atomic mass is 10.1. The minimum Gasteiger partial charge on any atom is -0.502 e. The number of rotatable bonds is 4. The molecule has 0 bridgehead atoms. The number of phenolic OH excluding ortho intramolecular Hbond substituents is 1. The molecule has 1 aromatic rings. The Hall–Kier alpha value is -1.87. The van der Waals surface area contributed by atoms with E-state index in [2.05, 4.69) is 5.32 Å². The molecular formula is C13H15F3N2O4. The van der Waals surface area contributed by atoms with Crippen molar-refractivity contribution in [2.75, 3.05) is 0 Å². The molecule has 1 aromatic carbocycles. The van der Waals surface area contributed by atoms with Crippen LogP contribution in [0.1, 0.15) is 30.4 Å². The van der Waals surface area contributed by atoms with E-state index < -0.39 is 34.2 Å². The lowest BCUT2D eigenvalue weighted by Crippen LogP contribution is -2.35. The second-order valence-corrected chi connectivity index (χ2v) is 5.25. The summed E-state index contributed by atoms with van der Waals surface area (Å²) in [5, 5.41) is 32.7. The standard InChI is InChI=1S/C13H15F3N2O4/c14-13(15,16)8-4-7(5-10(12(8)20)18(21)22)6-17-9-2-1-3-11(9)19/h4-5,9,11,17,19-20H,1-3,6H2/t9-,11-/m1/s1. The summed E-state index contributed by atoms with van der Waals surface area (Å²) in [6.45, 7) is -0.0636. The van der Waals surface area contributed by atoms with Crippen molar-refractivity contribution in [3.8, 4) is 5.75 Å². The van der Waals surface area contributed by atoms with E-state index >= 15 is 0 Å². The molecule has 122 valence electrons. The van der Waals surface area contributed by atoms with Gasteiger partial charge in [0.05, 0.1) is 11.0 Å². The average Bonchev–Trinajstić information content (AvgIpc) is 2.81. The topological polar surface area (TPSA) is 95.6 Å². The van der Waals surface area contributed by atoms with Gasteiger partial charge in [-0.15, -0.1) is 0 Å². The van der Waals surface area contributed by atoms with Gasteiger partial charge in [-0.2, -0.15) is 13.2 Å². The molecule has 2 rings (SSSR count). The number of aliphatic hydroxyl groups is 1. The number of alkyl halides is 3. The fraction of sp³-hybridized carbons (Fsp3) is 0.538. The molecule has 0 aliphatic heterocycles. The molecule has 0 heterocycles. The highest BCUT2D eigenvalue weighted by Crippen LogP contribution is 2.41. The molecule has 0 unspecified atom stereocenters. The summed E-state index contributed by atoms with van der Waals surface area (Å²) in [5.41, 5.74) is -2.40. The zero-order valence-electron chi connectivity index (χ0n) is 11.4. The lowest BCUT2D eigenvalue weighted by molar-refractivity contribution is -0.386. The fourth-order valence-electron chi connectivity index (χ4n) is 2.56. The molecule has 3 N–H and O–H groups in total. The Balaban J connectivity index is 2.27. The highest BCUT2D eigenvalue weighted by molar-refractivity contribution is 5.54. The predicted octanol–water partition coefficient (Wildman–Crippen LogP) is 2.32. The van der Waals surface area contributed by atoms with Crippen LogP contribution in [-0.4, -0.2) is 27.3 Å². The van der Waals surface area contributed by atoms with Gasteiger partial charge in [0.25, 0.3) is 0 Å². The number of halogens is 3. The van der Waals surface area contributed by atoms with Gasteiger partial charge in [-0.1, -0.05) is 0 Å². The monoisotopic (exact) mass is 320 g/mol. The number of hydrogen-bond donors (Lipinski definition) is 3. The van der Waals surface area contributed by atoms with E-state index in [1.54, 1.807) is 0 Å². The summed E-state index contributed by atoms with van der Waals surface area (Å²) in [5.74, 6) is -1.39. The van der Waals surface area contributed by atoms with Crippen LogP contribution in [0.4, 0.5) is 18.9 Å². The molecule has 0 aromatic heterocycles. The van der Waals surface area contributed by atoms with Gasteiger partial charge in [-0.3, -0.25) is 10.1 Å². The molecule has 0 radical (unpaired) electrons. The number of phenols is 1. The average molecular weight is 320 g/mol. The van der Waals surface area contributed by atoms with Gasteiger partial charge in [0.2, 0.25) is 5.75 Å². The van der Waals surface area contributed by atoms with Gasteiger partial charge in [0.15, 0.2) is 0 Å². The van der Waals surface area contributed by atoms with Gasteiger partial charge in [0, 0.05) is 18.7 Å². The van der Waals surface area contributed by atoms with E-state index in [1.165, 1.54) is 0 Å². The second kappa shape index (κ2) is 6.09. The first-order chi connectivity index (χ1) is 10.2. The molecule has 22 heavy (non-hydrogen) atoms. The van der Waals surface area contributed by atoms with Gasteiger partial charge in [-0.25, -0.2) is 0 Å². The van der Waals surface area contributed by atoms with Crippen LogP contribution >= 0.6 is 0 Å². The van der Waals surface area contributed by atoms with E-state index in [1.807, 2.05) is 0 Å². The Kier molecular flexibility index (Phi) is 4.57. The van der Waals surface area contributed by atoms with E-state index in [0.717, 1.165) is 12.5 Å². The van der Waals surface area contributed by atoms with Gasteiger partial charge in [0.1, 0.15) is 5.56 Å². The molecule has 6 nitrogen and oxygen atoms in total. The summed E-state index contributed by atoms with van der Waals surface area (Å²) in [6.07, 6.45) is -3.36. The number of nitro groups is 1. The van der Waals surface area contributed by atoms with Gasteiger partial charge in [-0.05, 0) is 30.9 Å². The van der Waals surface area contributed by atoms with E-state index in [-0.39, 0.29) is 18.2 Å². The number of nitrogens with one attached hydrogen (secondary N) is 1. The van der Waals surface area contributed by atoms with Crippen molar-refractivity contribution >= 4 is 5.69 Å². The lowest BCUT2D eigenvalue weighted by Gasteiger charge is -2.17. The van der Waals surface area contributed by atoms with Crippen LogP contribution in [0, 0.1) is 10.1 Å². The van der Waals surface area contributed by atoms with Crippen LogP contribution < -0.4 is 5.32 Å². The zero-order chi connectivity index (χ0) is 16.5. The number of hydrogen-bond acceptors (Lipinski definition) is 5. The molecule has 1 aliphatic rings. The fourth-order valence-corrected chi connectivity index (χ4v) is 2.56. The van der Waals surface area contributed by atoms with Crippen molar-refractivity contribution in [2.45, 2.75) is 44.1 Å². The summed E-state index contributed by atoms with van der Waals surface area (Å²) in [6, 6.07) is 1.33. The number of aliphatic hydroxyl groups excluding tert-OH is 1. The first-order valence-electron chi connectivity index (χ1n) is 6.69. The van der Waals surface area contributed by atoms with Crippen LogP contribution in [-0.2, 0) is 12.7 Å². The van der Waals surface area contributed by atoms with Crippen molar-refractivity contribution < 1.29 is 28.3 Å². The maximum absolute atomic E-state index is 12.8.